The highest BCUT2D eigenvalue weighted by Crippen LogP contribution is 2.25. The number of imidazole rings is 1. The van der Waals surface area contributed by atoms with Crippen LogP contribution in [0.4, 0.5) is 0 Å². The van der Waals surface area contributed by atoms with Gasteiger partial charge in [0, 0.05) is 36.2 Å². The number of aromatic nitrogens is 2. The minimum atomic E-state index is -0.218. The van der Waals surface area contributed by atoms with Crippen molar-refractivity contribution in [2.24, 2.45) is 11.1 Å². The Balaban J connectivity index is 2.22. The average Bonchev–Trinajstić information content (AvgIpc) is 2.86. The van der Waals surface area contributed by atoms with Gasteiger partial charge in [-0.1, -0.05) is 6.92 Å². The van der Waals surface area contributed by atoms with Gasteiger partial charge in [0.2, 0.25) is 0 Å². The van der Waals surface area contributed by atoms with Crippen molar-refractivity contribution in [3.63, 3.8) is 0 Å². The van der Waals surface area contributed by atoms with E-state index >= 15 is 0 Å². The molecule has 0 aliphatic heterocycles. The molecule has 0 aromatic carbocycles. The van der Waals surface area contributed by atoms with Crippen molar-refractivity contribution in [2.75, 3.05) is 13.2 Å². The highest BCUT2D eigenvalue weighted by atomic mass is 32.1. The number of rotatable bonds is 5. The predicted molar refractivity (Wildman–Crippen MR) is 65.6 cm³/mol. The van der Waals surface area contributed by atoms with E-state index in [1.807, 2.05) is 22.2 Å². The zero-order valence-electron chi connectivity index (χ0n) is 9.39. The summed E-state index contributed by atoms with van der Waals surface area (Å²) in [5.41, 5.74) is 6.54. The lowest BCUT2D eigenvalue weighted by Gasteiger charge is -2.27. The first-order chi connectivity index (χ1) is 7.73. The molecule has 16 heavy (non-hydrogen) atoms. The standard InChI is InChI=1S/C11H17N3OS/c1-2-11(7-12,8-15)5-9-6-14-3-4-16-10(14)13-9/h3-4,6,15H,2,5,7-8,12H2,1H3. The Morgan fingerprint density at radius 3 is 3.00 bits per heavy atom. The summed E-state index contributed by atoms with van der Waals surface area (Å²) in [4.78, 5) is 5.51. The van der Waals surface area contributed by atoms with Crippen LogP contribution in [0.1, 0.15) is 19.0 Å². The summed E-state index contributed by atoms with van der Waals surface area (Å²) in [6.45, 7) is 2.66. The normalized spacial score (nSPS) is 15.4. The van der Waals surface area contributed by atoms with Crippen LogP contribution in [-0.2, 0) is 6.42 Å². The molecule has 1 atom stereocenters. The smallest absolute Gasteiger partial charge is 0.193 e. The molecule has 0 fully saturated rings. The molecule has 1 unspecified atom stereocenters. The van der Waals surface area contributed by atoms with Gasteiger partial charge in [0.15, 0.2) is 4.96 Å². The van der Waals surface area contributed by atoms with Gasteiger partial charge < -0.3 is 10.8 Å². The van der Waals surface area contributed by atoms with E-state index in [2.05, 4.69) is 11.9 Å². The van der Waals surface area contributed by atoms with Crippen LogP contribution in [-0.4, -0.2) is 27.6 Å². The van der Waals surface area contributed by atoms with Crippen molar-refractivity contribution in [1.82, 2.24) is 9.38 Å². The Labute approximate surface area is 98.7 Å². The van der Waals surface area contributed by atoms with Crippen LogP contribution in [0.2, 0.25) is 0 Å². The van der Waals surface area contributed by atoms with Crippen LogP contribution < -0.4 is 5.73 Å². The maximum Gasteiger partial charge on any atom is 0.193 e. The maximum absolute atomic E-state index is 9.45. The summed E-state index contributed by atoms with van der Waals surface area (Å²) in [6.07, 6.45) is 5.61. The Bertz CT molecular complexity index is 422. The van der Waals surface area contributed by atoms with Crippen molar-refractivity contribution < 1.29 is 5.11 Å². The van der Waals surface area contributed by atoms with Crippen LogP contribution in [0.5, 0.6) is 0 Å². The number of hydrogen-bond donors (Lipinski definition) is 2. The van der Waals surface area contributed by atoms with E-state index < -0.39 is 0 Å². The van der Waals surface area contributed by atoms with Crippen molar-refractivity contribution >= 4 is 16.3 Å². The van der Waals surface area contributed by atoms with Gasteiger partial charge in [0.05, 0.1) is 12.3 Å². The number of aliphatic hydroxyl groups excluding tert-OH is 1. The SMILES string of the molecule is CCC(CN)(CO)Cc1cn2ccsc2n1. The zero-order chi connectivity index (χ0) is 11.6. The molecule has 0 aliphatic rings. The molecule has 0 spiro atoms. The Hall–Kier alpha value is -0.910. The van der Waals surface area contributed by atoms with Crippen LogP contribution in [0.3, 0.4) is 0 Å². The molecule has 2 rings (SSSR count). The minimum Gasteiger partial charge on any atom is -0.396 e. The summed E-state index contributed by atoms with van der Waals surface area (Å²) in [5.74, 6) is 0. The molecule has 0 saturated carbocycles. The molecule has 2 aromatic heterocycles. The van der Waals surface area contributed by atoms with E-state index in [0.717, 1.165) is 23.5 Å². The number of nitrogens with zero attached hydrogens (tertiary/aromatic N) is 2. The van der Waals surface area contributed by atoms with Crippen LogP contribution >= 0.6 is 11.3 Å². The number of nitrogens with two attached hydrogens (primary N) is 1. The molecular formula is C11H17N3OS. The second-order valence-corrected chi connectivity index (χ2v) is 5.09. The highest BCUT2D eigenvalue weighted by Gasteiger charge is 2.27. The largest absolute Gasteiger partial charge is 0.396 e. The zero-order valence-corrected chi connectivity index (χ0v) is 10.2. The summed E-state index contributed by atoms with van der Waals surface area (Å²) < 4.78 is 2.01. The third kappa shape index (κ3) is 1.98. The van der Waals surface area contributed by atoms with Crippen molar-refractivity contribution in [3.05, 3.63) is 23.5 Å². The molecule has 0 bridgehead atoms. The van der Waals surface area contributed by atoms with Crippen LogP contribution in [0.15, 0.2) is 17.8 Å². The van der Waals surface area contributed by atoms with E-state index in [9.17, 15) is 5.11 Å². The van der Waals surface area contributed by atoms with Crippen molar-refractivity contribution in [3.8, 4) is 0 Å². The maximum atomic E-state index is 9.45. The number of fused-ring (bicyclic) bond motifs is 1. The fourth-order valence-corrected chi connectivity index (χ4v) is 2.54. The average molecular weight is 239 g/mol. The van der Waals surface area contributed by atoms with Gasteiger partial charge in [0.1, 0.15) is 0 Å². The quantitative estimate of drug-likeness (QED) is 0.826. The molecule has 0 amide bonds. The predicted octanol–water partition coefficient (Wildman–Crippen LogP) is 1.29. The number of hydrogen-bond acceptors (Lipinski definition) is 4. The molecule has 2 aromatic rings. The van der Waals surface area contributed by atoms with Crippen LogP contribution in [0.25, 0.3) is 4.96 Å². The Kier molecular flexibility index (Phi) is 3.28. The van der Waals surface area contributed by atoms with Gasteiger partial charge in [-0.3, -0.25) is 4.40 Å². The van der Waals surface area contributed by atoms with E-state index in [4.69, 9.17) is 5.73 Å². The minimum absolute atomic E-state index is 0.116. The summed E-state index contributed by atoms with van der Waals surface area (Å²) in [5, 5.41) is 11.5. The summed E-state index contributed by atoms with van der Waals surface area (Å²) >= 11 is 1.62. The first-order valence-electron chi connectivity index (χ1n) is 5.45. The van der Waals surface area contributed by atoms with E-state index in [1.54, 1.807) is 11.3 Å². The second-order valence-electron chi connectivity index (χ2n) is 4.22. The molecule has 4 nitrogen and oxygen atoms in total. The molecule has 3 N–H and O–H groups in total. The molecule has 0 radical (unpaired) electrons. The summed E-state index contributed by atoms with van der Waals surface area (Å²) in [7, 11) is 0. The van der Waals surface area contributed by atoms with Gasteiger partial charge in [-0.2, -0.15) is 0 Å². The topological polar surface area (TPSA) is 63.5 Å². The van der Waals surface area contributed by atoms with Crippen LogP contribution in [0, 0.1) is 5.41 Å². The highest BCUT2D eigenvalue weighted by molar-refractivity contribution is 7.15. The van der Waals surface area contributed by atoms with Gasteiger partial charge in [0.25, 0.3) is 0 Å². The Morgan fingerprint density at radius 2 is 2.44 bits per heavy atom. The van der Waals surface area contributed by atoms with Gasteiger partial charge in [-0.15, -0.1) is 11.3 Å². The number of aliphatic hydroxyl groups is 1. The first-order valence-corrected chi connectivity index (χ1v) is 6.33. The van der Waals surface area contributed by atoms with Crippen molar-refractivity contribution in [1.29, 1.82) is 0 Å². The molecule has 88 valence electrons. The molecule has 0 aliphatic carbocycles. The molecule has 0 saturated heterocycles. The fraction of sp³-hybridized carbons (Fsp3) is 0.545. The van der Waals surface area contributed by atoms with Crippen molar-refractivity contribution in [2.45, 2.75) is 19.8 Å². The van der Waals surface area contributed by atoms with Gasteiger partial charge >= 0.3 is 0 Å². The molecule has 5 heteroatoms. The van der Waals surface area contributed by atoms with E-state index in [-0.39, 0.29) is 12.0 Å². The first kappa shape index (κ1) is 11.6. The van der Waals surface area contributed by atoms with Gasteiger partial charge in [-0.05, 0) is 6.42 Å². The monoisotopic (exact) mass is 239 g/mol. The van der Waals surface area contributed by atoms with E-state index in [0.29, 0.717) is 6.54 Å². The summed E-state index contributed by atoms with van der Waals surface area (Å²) in [6, 6.07) is 0. The lowest BCUT2D eigenvalue weighted by atomic mass is 9.82. The third-order valence-electron chi connectivity index (χ3n) is 3.22. The van der Waals surface area contributed by atoms with E-state index in [1.165, 1.54) is 0 Å². The fourth-order valence-electron chi connectivity index (χ4n) is 1.82. The lowest BCUT2D eigenvalue weighted by Crippen LogP contribution is -2.35. The Morgan fingerprint density at radius 1 is 1.62 bits per heavy atom. The third-order valence-corrected chi connectivity index (χ3v) is 3.99. The second kappa shape index (κ2) is 4.53. The van der Waals surface area contributed by atoms with Gasteiger partial charge in [-0.25, -0.2) is 4.98 Å². The molecular weight excluding hydrogens is 222 g/mol. The molecule has 2 heterocycles. The lowest BCUT2D eigenvalue weighted by molar-refractivity contribution is 0.126. The number of thiazole rings is 1.